The predicted octanol–water partition coefficient (Wildman–Crippen LogP) is 2.30. The third-order valence-corrected chi connectivity index (χ3v) is 3.42. The SMILES string of the molecule is CCC(CC1OC1C)C(C)(C)C(=O)O. The fraction of sp³-hybridized carbons (Fsp3) is 0.909. The quantitative estimate of drug-likeness (QED) is 0.693. The van der Waals surface area contributed by atoms with Gasteiger partial charge in [0.1, 0.15) is 0 Å². The fourth-order valence-electron chi connectivity index (χ4n) is 1.90. The van der Waals surface area contributed by atoms with Crippen molar-refractivity contribution in [2.45, 2.75) is 52.7 Å². The summed E-state index contributed by atoms with van der Waals surface area (Å²) in [5, 5.41) is 9.10. The molecule has 82 valence electrons. The van der Waals surface area contributed by atoms with Crippen LogP contribution < -0.4 is 0 Å². The zero-order valence-electron chi connectivity index (χ0n) is 9.41. The van der Waals surface area contributed by atoms with Gasteiger partial charge in [0.2, 0.25) is 0 Å². The first kappa shape index (κ1) is 11.5. The number of rotatable bonds is 5. The van der Waals surface area contributed by atoms with Crippen molar-refractivity contribution in [1.29, 1.82) is 0 Å². The molecule has 0 amide bonds. The largest absolute Gasteiger partial charge is 0.481 e. The van der Waals surface area contributed by atoms with E-state index in [0.717, 1.165) is 12.8 Å². The van der Waals surface area contributed by atoms with E-state index in [1.54, 1.807) is 13.8 Å². The Morgan fingerprint density at radius 1 is 1.57 bits per heavy atom. The average molecular weight is 200 g/mol. The number of aliphatic carboxylic acids is 1. The van der Waals surface area contributed by atoms with Gasteiger partial charge in [0.15, 0.2) is 0 Å². The molecule has 1 rings (SSSR count). The van der Waals surface area contributed by atoms with Crippen LogP contribution >= 0.6 is 0 Å². The van der Waals surface area contributed by atoms with E-state index in [0.29, 0.717) is 12.2 Å². The molecular formula is C11H20O3. The normalized spacial score (nSPS) is 28.6. The van der Waals surface area contributed by atoms with Gasteiger partial charge in [0.25, 0.3) is 0 Å². The smallest absolute Gasteiger partial charge is 0.309 e. The van der Waals surface area contributed by atoms with Crippen LogP contribution in [0.1, 0.15) is 40.5 Å². The molecule has 0 saturated carbocycles. The number of carbonyl (C=O) groups is 1. The van der Waals surface area contributed by atoms with E-state index in [4.69, 9.17) is 9.84 Å². The highest BCUT2D eigenvalue weighted by molar-refractivity contribution is 5.74. The molecule has 0 aliphatic carbocycles. The average Bonchev–Trinajstić information content (AvgIpc) is 2.77. The van der Waals surface area contributed by atoms with Crippen molar-refractivity contribution in [2.24, 2.45) is 11.3 Å². The predicted molar refractivity (Wildman–Crippen MR) is 54.1 cm³/mol. The van der Waals surface area contributed by atoms with Gasteiger partial charge in [0.05, 0.1) is 17.6 Å². The molecule has 3 heteroatoms. The molecule has 0 spiro atoms. The first-order valence-corrected chi connectivity index (χ1v) is 5.28. The van der Waals surface area contributed by atoms with Crippen molar-refractivity contribution >= 4 is 5.97 Å². The number of carboxylic acid groups (broad SMARTS) is 1. The Morgan fingerprint density at radius 2 is 2.07 bits per heavy atom. The van der Waals surface area contributed by atoms with E-state index in [1.165, 1.54) is 0 Å². The maximum Gasteiger partial charge on any atom is 0.309 e. The van der Waals surface area contributed by atoms with Gasteiger partial charge in [-0.05, 0) is 33.1 Å². The van der Waals surface area contributed by atoms with Crippen LogP contribution in [0, 0.1) is 11.3 Å². The van der Waals surface area contributed by atoms with Gasteiger partial charge in [-0.25, -0.2) is 0 Å². The molecule has 1 saturated heterocycles. The van der Waals surface area contributed by atoms with Crippen LogP contribution in [0.4, 0.5) is 0 Å². The summed E-state index contributed by atoms with van der Waals surface area (Å²) in [5.74, 6) is -0.507. The van der Waals surface area contributed by atoms with Crippen molar-refractivity contribution in [3.05, 3.63) is 0 Å². The number of carboxylic acids is 1. The van der Waals surface area contributed by atoms with E-state index in [2.05, 4.69) is 0 Å². The van der Waals surface area contributed by atoms with E-state index >= 15 is 0 Å². The molecule has 0 radical (unpaired) electrons. The number of hydrogen-bond donors (Lipinski definition) is 1. The monoisotopic (exact) mass is 200 g/mol. The highest BCUT2D eigenvalue weighted by Crippen LogP contribution is 2.38. The molecule has 0 aromatic heterocycles. The summed E-state index contributed by atoms with van der Waals surface area (Å²) < 4.78 is 5.33. The topological polar surface area (TPSA) is 49.8 Å². The van der Waals surface area contributed by atoms with Crippen LogP contribution in [0.15, 0.2) is 0 Å². The van der Waals surface area contributed by atoms with Crippen LogP contribution in [0.5, 0.6) is 0 Å². The van der Waals surface area contributed by atoms with Gasteiger partial charge >= 0.3 is 5.97 Å². The zero-order valence-corrected chi connectivity index (χ0v) is 9.41. The molecule has 1 aliphatic rings. The van der Waals surface area contributed by atoms with Crippen molar-refractivity contribution < 1.29 is 14.6 Å². The second-order valence-corrected chi connectivity index (χ2v) is 4.75. The molecule has 0 aromatic carbocycles. The molecule has 1 fully saturated rings. The lowest BCUT2D eigenvalue weighted by Crippen LogP contribution is -2.33. The number of ether oxygens (including phenoxy) is 1. The maximum atomic E-state index is 11.1. The molecule has 3 unspecified atom stereocenters. The molecule has 1 aliphatic heterocycles. The molecule has 3 atom stereocenters. The van der Waals surface area contributed by atoms with Crippen LogP contribution in [-0.2, 0) is 9.53 Å². The molecule has 0 bridgehead atoms. The van der Waals surface area contributed by atoms with Crippen molar-refractivity contribution in [1.82, 2.24) is 0 Å². The Balaban J connectivity index is 2.56. The van der Waals surface area contributed by atoms with Gasteiger partial charge in [-0.1, -0.05) is 13.3 Å². The maximum absolute atomic E-state index is 11.1. The highest BCUT2D eigenvalue weighted by Gasteiger charge is 2.42. The van der Waals surface area contributed by atoms with Crippen LogP contribution in [0.25, 0.3) is 0 Å². The first-order valence-electron chi connectivity index (χ1n) is 5.28. The van der Waals surface area contributed by atoms with Gasteiger partial charge < -0.3 is 9.84 Å². The lowest BCUT2D eigenvalue weighted by molar-refractivity contribution is -0.150. The van der Waals surface area contributed by atoms with Gasteiger partial charge in [0, 0.05) is 0 Å². The molecule has 0 aromatic rings. The molecular weight excluding hydrogens is 180 g/mol. The van der Waals surface area contributed by atoms with Gasteiger partial charge in [-0.2, -0.15) is 0 Å². The van der Waals surface area contributed by atoms with Crippen molar-refractivity contribution in [3.8, 4) is 0 Å². The Kier molecular flexibility index (Phi) is 3.20. The highest BCUT2D eigenvalue weighted by atomic mass is 16.6. The summed E-state index contributed by atoms with van der Waals surface area (Å²) in [6.07, 6.45) is 2.38. The first-order chi connectivity index (χ1) is 6.39. The van der Waals surface area contributed by atoms with Crippen LogP contribution in [0.3, 0.4) is 0 Å². The minimum atomic E-state index is -0.711. The second-order valence-electron chi connectivity index (χ2n) is 4.75. The third kappa shape index (κ3) is 2.27. The van der Waals surface area contributed by atoms with E-state index < -0.39 is 11.4 Å². The molecule has 1 heterocycles. The Hall–Kier alpha value is -0.570. The molecule has 3 nitrogen and oxygen atoms in total. The zero-order chi connectivity index (χ0) is 10.9. The summed E-state index contributed by atoms with van der Waals surface area (Å²) in [6, 6.07) is 0. The Labute approximate surface area is 85.5 Å². The summed E-state index contributed by atoms with van der Waals surface area (Å²) in [6.45, 7) is 7.68. The minimum Gasteiger partial charge on any atom is -0.481 e. The summed E-state index contributed by atoms with van der Waals surface area (Å²) >= 11 is 0. The summed E-state index contributed by atoms with van der Waals surface area (Å²) in [7, 11) is 0. The Morgan fingerprint density at radius 3 is 2.36 bits per heavy atom. The summed E-state index contributed by atoms with van der Waals surface area (Å²) in [5.41, 5.74) is -0.638. The lowest BCUT2D eigenvalue weighted by atomic mass is 9.75. The lowest BCUT2D eigenvalue weighted by Gasteiger charge is -2.29. The third-order valence-electron chi connectivity index (χ3n) is 3.42. The standard InChI is InChI=1S/C11H20O3/c1-5-8(6-9-7(2)14-9)11(3,4)10(12)13/h7-9H,5-6H2,1-4H3,(H,12,13). The number of epoxide rings is 1. The van der Waals surface area contributed by atoms with Crippen LogP contribution in [-0.4, -0.2) is 23.3 Å². The molecule has 14 heavy (non-hydrogen) atoms. The van der Waals surface area contributed by atoms with Gasteiger partial charge in [-0.15, -0.1) is 0 Å². The minimum absolute atomic E-state index is 0.204. The van der Waals surface area contributed by atoms with Crippen molar-refractivity contribution in [3.63, 3.8) is 0 Å². The summed E-state index contributed by atoms with van der Waals surface area (Å²) in [4.78, 5) is 11.1. The fourth-order valence-corrected chi connectivity index (χ4v) is 1.90. The van der Waals surface area contributed by atoms with E-state index in [-0.39, 0.29) is 5.92 Å². The molecule has 1 N–H and O–H groups in total. The Bertz CT molecular complexity index is 223. The van der Waals surface area contributed by atoms with Gasteiger partial charge in [-0.3, -0.25) is 4.79 Å². The van der Waals surface area contributed by atoms with Crippen molar-refractivity contribution in [2.75, 3.05) is 0 Å². The second kappa shape index (κ2) is 3.89. The van der Waals surface area contributed by atoms with E-state index in [1.807, 2.05) is 13.8 Å². The van der Waals surface area contributed by atoms with E-state index in [9.17, 15) is 4.79 Å². The van der Waals surface area contributed by atoms with Crippen LogP contribution in [0.2, 0.25) is 0 Å². The number of hydrogen-bond acceptors (Lipinski definition) is 2.